The fraction of sp³-hybridized carbons (Fsp3) is 0.294. The molecule has 24 heavy (non-hydrogen) atoms. The van der Waals surface area contributed by atoms with Crippen LogP contribution in [0.25, 0.3) is 0 Å². The molecule has 0 unspecified atom stereocenters. The molecule has 7 heteroatoms. The average Bonchev–Trinajstić information content (AvgIpc) is 2.63. The molecule has 7 nitrogen and oxygen atoms in total. The summed E-state index contributed by atoms with van der Waals surface area (Å²) in [6.45, 7) is 4.33. The molecule has 0 spiro atoms. The molecular weight excluding hydrogens is 308 g/mol. The van der Waals surface area contributed by atoms with E-state index in [-0.39, 0.29) is 17.4 Å². The van der Waals surface area contributed by atoms with Gasteiger partial charge in [0.1, 0.15) is 11.5 Å². The topological polar surface area (TPSA) is 84.4 Å². The number of Topliss-reactive ketones (excluding diaryl/α,β-unsaturated/α-hetero) is 1. The third-order valence-corrected chi connectivity index (χ3v) is 3.73. The summed E-state index contributed by atoms with van der Waals surface area (Å²) >= 11 is 0. The lowest BCUT2D eigenvalue weighted by Gasteiger charge is -2.27. The Hall–Kier alpha value is -2.80. The van der Waals surface area contributed by atoms with E-state index < -0.39 is 0 Å². The van der Waals surface area contributed by atoms with Crippen molar-refractivity contribution >= 4 is 23.2 Å². The predicted molar refractivity (Wildman–Crippen MR) is 89.5 cm³/mol. The van der Waals surface area contributed by atoms with Crippen LogP contribution in [0.2, 0.25) is 0 Å². The van der Waals surface area contributed by atoms with Crippen molar-refractivity contribution in [3.63, 3.8) is 0 Å². The van der Waals surface area contributed by atoms with E-state index in [1.165, 1.54) is 13.1 Å². The highest BCUT2D eigenvalue weighted by atomic mass is 16.5. The molecule has 0 saturated carbocycles. The number of rotatable bonds is 4. The Kier molecular flexibility index (Phi) is 4.81. The van der Waals surface area contributed by atoms with Crippen LogP contribution < -0.4 is 10.2 Å². The van der Waals surface area contributed by atoms with Crippen LogP contribution in [0.1, 0.15) is 27.8 Å². The van der Waals surface area contributed by atoms with Gasteiger partial charge >= 0.3 is 0 Å². The van der Waals surface area contributed by atoms with Crippen molar-refractivity contribution in [2.45, 2.75) is 6.92 Å². The van der Waals surface area contributed by atoms with E-state index in [2.05, 4.69) is 20.2 Å². The second kappa shape index (κ2) is 7.18. The number of carbonyl (C=O) groups is 2. The molecule has 1 saturated heterocycles. The van der Waals surface area contributed by atoms with Crippen molar-refractivity contribution in [1.29, 1.82) is 0 Å². The standard InChI is InChI=1S/C17H18N4O3/c1-12(22)13-3-2-4-14(9-13)20-17(23)15-10-19-16(11-18-15)21-5-7-24-8-6-21/h2-4,9-11H,5-8H2,1H3,(H,20,23). The van der Waals surface area contributed by atoms with Gasteiger partial charge in [-0.25, -0.2) is 9.97 Å². The molecule has 1 aliphatic rings. The number of nitrogens with one attached hydrogen (secondary N) is 1. The zero-order valence-corrected chi connectivity index (χ0v) is 13.4. The average molecular weight is 326 g/mol. The van der Waals surface area contributed by atoms with Gasteiger partial charge in [0.05, 0.1) is 25.6 Å². The van der Waals surface area contributed by atoms with E-state index >= 15 is 0 Å². The van der Waals surface area contributed by atoms with Crippen LogP contribution >= 0.6 is 0 Å². The summed E-state index contributed by atoms with van der Waals surface area (Å²) in [5.74, 6) is 0.311. The predicted octanol–water partition coefficient (Wildman–Crippen LogP) is 1.77. The molecule has 2 aromatic rings. The molecule has 1 aliphatic heterocycles. The molecule has 1 aromatic heterocycles. The molecule has 1 amide bonds. The maximum Gasteiger partial charge on any atom is 0.275 e. The van der Waals surface area contributed by atoms with Crippen molar-refractivity contribution in [3.05, 3.63) is 47.9 Å². The summed E-state index contributed by atoms with van der Waals surface area (Å²) in [6.07, 6.45) is 3.04. The van der Waals surface area contributed by atoms with E-state index in [9.17, 15) is 9.59 Å². The SMILES string of the molecule is CC(=O)c1cccc(NC(=O)c2cnc(N3CCOCC3)cn2)c1. The first kappa shape index (κ1) is 16.1. The molecular formula is C17H18N4O3. The summed E-state index contributed by atoms with van der Waals surface area (Å²) in [4.78, 5) is 34.2. The third kappa shape index (κ3) is 3.75. The molecule has 0 radical (unpaired) electrons. The van der Waals surface area contributed by atoms with Crippen molar-refractivity contribution in [2.24, 2.45) is 0 Å². The van der Waals surface area contributed by atoms with E-state index in [0.717, 1.165) is 18.9 Å². The largest absolute Gasteiger partial charge is 0.378 e. The molecule has 1 fully saturated rings. The molecule has 3 rings (SSSR count). The van der Waals surface area contributed by atoms with Crippen LogP contribution in [0, 0.1) is 0 Å². The maximum absolute atomic E-state index is 12.3. The van der Waals surface area contributed by atoms with Crippen molar-refractivity contribution in [1.82, 2.24) is 9.97 Å². The number of nitrogens with zero attached hydrogens (tertiary/aromatic N) is 3. The summed E-state index contributed by atoms with van der Waals surface area (Å²) < 4.78 is 5.30. The van der Waals surface area contributed by atoms with E-state index in [0.29, 0.717) is 24.5 Å². The van der Waals surface area contributed by atoms with Crippen LogP contribution in [0.15, 0.2) is 36.7 Å². The first-order valence-electron chi connectivity index (χ1n) is 7.70. The van der Waals surface area contributed by atoms with Crippen molar-refractivity contribution in [3.8, 4) is 0 Å². The number of anilines is 2. The Bertz CT molecular complexity index is 740. The van der Waals surface area contributed by atoms with Crippen molar-refractivity contribution < 1.29 is 14.3 Å². The first-order valence-corrected chi connectivity index (χ1v) is 7.70. The smallest absolute Gasteiger partial charge is 0.275 e. The Balaban J connectivity index is 1.68. The minimum atomic E-state index is -0.364. The zero-order valence-electron chi connectivity index (χ0n) is 13.4. The second-order valence-corrected chi connectivity index (χ2v) is 5.45. The molecule has 2 heterocycles. The lowest BCUT2D eigenvalue weighted by atomic mass is 10.1. The van der Waals surface area contributed by atoms with E-state index in [4.69, 9.17) is 4.74 Å². The molecule has 0 atom stereocenters. The van der Waals surface area contributed by atoms with Gasteiger partial charge in [-0.15, -0.1) is 0 Å². The molecule has 0 bridgehead atoms. The molecule has 1 N–H and O–H groups in total. The highest BCUT2D eigenvalue weighted by Crippen LogP contribution is 2.14. The Morgan fingerprint density at radius 3 is 2.62 bits per heavy atom. The monoisotopic (exact) mass is 326 g/mol. The Labute approximate surface area is 139 Å². The van der Waals surface area contributed by atoms with E-state index in [1.807, 2.05) is 0 Å². The lowest BCUT2D eigenvalue weighted by molar-refractivity contribution is 0.100. The van der Waals surface area contributed by atoms with Crippen LogP contribution in [-0.2, 0) is 4.74 Å². The van der Waals surface area contributed by atoms with E-state index in [1.54, 1.807) is 30.5 Å². The maximum atomic E-state index is 12.3. The minimum absolute atomic E-state index is 0.0549. The molecule has 124 valence electrons. The van der Waals surface area contributed by atoms with Crippen LogP contribution in [-0.4, -0.2) is 48.0 Å². The van der Waals surface area contributed by atoms with Crippen LogP contribution in [0.3, 0.4) is 0 Å². The van der Waals surface area contributed by atoms with Gasteiger partial charge in [0.15, 0.2) is 5.78 Å². The van der Waals surface area contributed by atoms with Gasteiger partial charge in [0.2, 0.25) is 0 Å². The Morgan fingerprint density at radius 2 is 1.96 bits per heavy atom. The molecule has 0 aliphatic carbocycles. The zero-order chi connectivity index (χ0) is 16.9. The first-order chi connectivity index (χ1) is 11.6. The third-order valence-electron chi connectivity index (χ3n) is 3.73. The van der Waals surface area contributed by atoms with Crippen LogP contribution in [0.5, 0.6) is 0 Å². The van der Waals surface area contributed by atoms with Crippen LogP contribution in [0.4, 0.5) is 11.5 Å². The van der Waals surface area contributed by atoms with Gasteiger partial charge in [-0.05, 0) is 19.1 Å². The van der Waals surface area contributed by atoms with Gasteiger partial charge in [-0.3, -0.25) is 9.59 Å². The second-order valence-electron chi connectivity index (χ2n) is 5.45. The fourth-order valence-corrected chi connectivity index (χ4v) is 2.41. The normalized spacial score (nSPS) is 14.3. The summed E-state index contributed by atoms with van der Waals surface area (Å²) in [6, 6.07) is 6.78. The number of hydrogen-bond acceptors (Lipinski definition) is 6. The number of aromatic nitrogens is 2. The number of amides is 1. The number of hydrogen-bond donors (Lipinski definition) is 1. The highest BCUT2D eigenvalue weighted by molar-refractivity contribution is 6.03. The number of benzene rings is 1. The quantitative estimate of drug-likeness (QED) is 0.862. The van der Waals surface area contributed by atoms with Crippen molar-refractivity contribution in [2.75, 3.05) is 36.5 Å². The van der Waals surface area contributed by atoms with Gasteiger partial charge in [-0.1, -0.05) is 12.1 Å². The minimum Gasteiger partial charge on any atom is -0.378 e. The highest BCUT2D eigenvalue weighted by Gasteiger charge is 2.14. The van der Waals surface area contributed by atoms with Gasteiger partial charge in [0.25, 0.3) is 5.91 Å². The Morgan fingerprint density at radius 1 is 1.17 bits per heavy atom. The summed E-state index contributed by atoms with van der Waals surface area (Å²) in [5.41, 5.74) is 1.31. The number of carbonyl (C=O) groups excluding carboxylic acids is 2. The lowest BCUT2D eigenvalue weighted by Crippen LogP contribution is -2.36. The number of ether oxygens (including phenoxy) is 1. The van der Waals surface area contributed by atoms with Gasteiger partial charge in [-0.2, -0.15) is 0 Å². The van der Waals surface area contributed by atoms with Gasteiger partial charge < -0.3 is 15.0 Å². The summed E-state index contributed by atoms with van der Waals surface area (Å²) in [7, 11) is 0. The number of morpholine rings is 1. The van der Waals surface area contributed by atoms with Gasteiger partial charge in [0, 0.05) is 24.3 Å². The molecule has 1 aromatic carbocycles. The number of ketones is 1. The summed E-state index contributed by atoms with van der Waals surface area (Å²) in [5, 5.41) is 2.73. The fourth-order valence-electron chi connectivity index (χ4n) is 2.41.